The Balaban J connectivity index is 2.82. The van der Waals surface area contributed by atoms with Crippen LogP contribution in [0.3, 0.4) is 0 Å². The summed E-state index contributed by atoms with van der Waals surface area (Å²) in [5.41, 5.74) is 0. The second-order valence-electron chi connectivity index (χ2n) is 2.79. The van der Waals surface area contributed by atoms with Gasteiger partial charge in [-0.3, -0.25) is 4.79 Å². The number of methoxy groups -OCH3 is 1. The van der Waals surface area contributed by atoms with Crippen molar-refractivity contribution in [2.45, 2.75) is 11.8 Å². The zero-order valence-corrected chi connectivity index (χ0v) is 9.61. The van der Waals surface area contributed by atoms with Gasteiger partial charge in [-0.1, -0.05) is 11.6 Å². The van der Waals surface area contributed by atoms with Crippen LogP contribution >= 0.6 is 23.4 Å². The molecule has 0 aliphatic rings. The normalized spacial score (nSPS) is 9.93. The van der Waals surface area contributed by atoms with Crippen molar-refractivity contribution in [3.8, 4) is 5.75 Å². The Morgan fingerprint density at radius 2 is 2.29 bits per heavy atom. The molecule has 0 aliphatic carbocycles. The third-order valence-electron chi connectivity index (χ3n) is 1.56. The average molecular weight is 231 g/mol. The minimum Gasteiger partial charge on any atom is -0.496 e. The van der Waals surface area contributed by atoms with E-state index < -0.39 is 0 Å². The molecule has 14 heavy (non-hydrogen) atoms. The van der Waals surface area contributed by atoms with Gasteiger partial charge in [-0.25, -0.2) is 0 Å². The van der Waals surface area contributed by atoms with E-state index in [1.54, 1.807) is 32.2 Å². The zero-order valence-electron chi connectivity index (χ0n) is 8.04. The van der Waals surface area contributed by atoms with Gasteiger partial charge in [-0.2, -0.15) is 0 Å². The summed E-state index contributed by atoms with van der Waals surface area (Å²) >= 11 is 7.27. The van der Waals surface area contributed by atoms with Crippen LogP contribution in [0.5, 0.6) is 5.75 Å². The molecule has 1 rings (SSSR count). The topological polar surface area (TPSA) is 26.3 Å². The van der Waals surface area contributed by atoms with Crippen LogP contribution in [0.15, 0.2) is 23.1 Å². The minimum atomic E-state index is 0.136. The minimum absolute atomic E-state index is 0.136. The van der Waals surface area contributed by atoms with Gasteiger partial charge < -0.3 is 4.74 Å². The predicted octanol–water partition coefficient (Wildman–Crippen LogP) is 3.03. The molecule has 2 nitrogen and oxygen atoms in total. The largest absolute Gasteiger partial charge is 0.496 e. The Kier molecular flexibility index (Phi) is 4.29. The number of ketones is 1. The molecule has 4 heteroatoms. The Labute approximate surface area is 92.6 Å². The molecule has 0 N–H and O–H groups in total. The Hall–Kier alpha value is -0.670. The number of thioether (sulfide) groups is 1. The fourth-order valence-electron chi connectivity index (χ4n) is 0.943. The lowest BCUT2D eigenvalue weighted by Crippen LogP contribution is -1.94. The van der Waals surface area contributed by atoms with Crippen LogP contribution in [-0.2, 0) is 4.79 Å². The van der Waals surface area contributed by atoms with Gasteiger partial charge in [0, 0.05) is 5.02 Å². The molecule has 0 bridgehead atoms. The van der Waals surface area contributed by atoms with Gasteiger partial charge in [0.2, 0.25) is 0 Å². The van der Waals surface area contributed by atoms with Crippen molar-refractivity contribution in [2.75, 3.05) is 12.9 Å². The predicted molar refractivity (Wildman–Crippen MR) is 59.4 cm³/mol. The first-order chi connectivity index (χ1) is 6.63. The van der Waals surface area contributed by atoms with Crippen molar-refractivity contribution in [3.05, 3.63) is 23.2 Å². The lowest BCUT2D eigenvalue weighted by Gasteiger charge is -2.07. The molecule has 0 fully saturated rings. The van der Waals surface area contributed by atoms with Crippen LogP contribution in [-0.4, -0.2) is 18.6 Å². The summed E-state index contributed by atoms with van der Waals surface area (Å²) in [4.78, 5) is 11.7. The standard InChI is InChI=1S/C10H11ClO2S/c1-7(12)6-14-10-5-8(11)3-4-9(10)13-2/h3-5H,6H2,1-2H3. The lowest BCUT2D eigenvalue weighted by molar-refractivity contribution is -0.114. The van der Waals surface area contributed by atoms with Gasteiger partial charge in [0.05, 0.1) is 17.8 Å². The number of carbonyl (C=O) groups is 1. The molecule has 0 radical (unpaired) electrons. The molecular weight excluding hydrogens is 220 g/mol. The molecule has 0 aromatic heterocycles. The van der Waals surface area contributed by atoms with E-state index in [1.165, 1.54) is 11.8 Å². The van der Waals surface area contributed by atoms with E-state index in [0.29, 0.717) is 10.8 Å². The van der Waals surface area contributed by atoms with Gasteiger partial charge in [0.1, 0.15) is 11.5 Å². The van der Waals surface area contributed by atoms with Crippen molar-refractivity contribution in [2.24, 2.45) is 0 Å². The molecule has 1 aromatic rings. The molecule has 0 saturated carbocycles. The number of rotatable bonds is 4. The molecule has 0 amide bonds. The highest BCUT2D eigenvalue weighted by atomic mass is 35.5. The van der Waals surface area contributed by atoms with Gasteiger partial charge in [-0.15, -0.1) is 11.8 Å². The molecule has 0 atom stereocenters. The summed E-state index contributed by atoms with van der Waals surface area (Å²) in [6, 6.07) is 5.36. The number of hydrogen-bond donors (Lipinski definition) is 0. The first-order valence-electron chi connectivity index (χ1n) is 4.09. The number of carbonyl (C=O) groups excluding carboxylic acids is 1. The molecule has 76 valence electrons. The van der Waals surface area contributed by atoms with Crippen LogP contribution in [0.1, 0.15) is 6.92 Å². The first-order valence-corrected chi connectivity index (χ1v) is 5.45. The van der Waals surface area contributed by atoms with Crippen molar-refractivity contribution in [1.29, 1.82) is 0 Å². The summed E-state index contributed by atoms with van der Waals surface area (Å²) in [6.45, 7) is 1.56. The lowest BCUT2D eigenvalue weighted by atomic mass is 10.3. The monoisotopic (exact) mass is 230 g/mol. The van der Waals surface area contributed by atoms with Crippen LogP contribution < -0.4 is 4.74 Å². The molecule has 0 spiro atoms. The maximum absolute atomic E-state index is 10.8. The van der Waals surface area contributed by atoms with E-state index in [0.717, 1.165) is 10.6 Å². The van der Waals surface area contributed by atoms with Crippen LogP contribution in [0.2, 0.25) is 5.02 Å². The SMILES string of the molecule is COc1ccc(Cl)cc1SCC(C)=O. The average Bonchev–Trinajstić information content (AvgIpc) is 2.15. The maximum atomic E-state index is 10.8. The summed E-state index contributed by atoms with van der Waals surface area (Å²) in [5, 5.41) is 0.650. The quantitative estimate of drug-likeness (QED) is 0.744. The number of hydrogen-bond acceptors (Lipinski definition) is 3. The molecule has 0 heterocycles. The van der Waals surface area contributed by atoms with Gasteiger partial charge in [0.25, 0.3) is 0 Å². The van der Waals surface area contributed by atoms with Crippen molar-refractivity contribution in [3.63, 3.8) is 0 Å². The van der Waals surface area contributed by atoms with E-state index in [2.05, 4.69) is 0 Å². The Morgan fingerprint density at radius 3 is 2.86 bits per heavy atom. The number of benzene rings is 1. The van der Waals surface area contributed by atoms with Gasteiger partial charge >= 0.3 is 0 Å². The van der Waals surface area contributed by atoms with Crippen molar-refractivity contribution >= 4 is 29.1 Å². The molecule has 0 saturated heterocycles. The highest BCUT2D eigenvalue weighted by Crippen LogP contribution is 2.31. The fraction of sp³-hybridized carbons (Fsp3) is 0.300. The molecule has 1 aromatic carbocycles. The fourth-order valence-corrected chi connectivity index (χ4v) is 2.04. The number of ether oxygens (including phenoxy) is 1. The summed E-state index contributed by atoms with van der Waals surface area (Å²) in [5.74, 6) is 1.33. The first kappa shape index (κ1) is 11.4. The summed E-state index contributed by atoms with van der Waals surface area (Å²) < 4.78 is 5.14. The number of Topliss-reactive ketones (excluding diaryl/α,β-unsaturated/α-hetero) is 1. The van der Waals surface area contributed by atoms with E-state index >= 15 is 0 Å². The second-order valence-corrected chi connectivity index (χ2v) is 4.24. The zero-order chi connectivity index (χ0) is 10.6. The van der Waals surface area contributed by atoms with Gasteiger partial charge in [0.15, 0.2) is 0 Å². The molecule has 0 aliphatic heterocycles. The highest BCUT2D eigenvalue weighted by Gasteiger charge is 2.05. The van der Waals surface area contributed by atoms with Gasteiger partial charge in [-0.05, 0) is 25.1 Å². The van der Waals surface area contributed by atoms with Crippen LogP contribution in [0, 0.1) is 0 Å². The van der Waals surface area contributed by atoms with Crippen molar-refractivity contribution < 1.29 is 9.53 Å². The third-order valence-corrected chi connectivity index (χ3v) is 2.97. The van der Waals surface area contributed by atoms with E-state index in [-0.39, 0.29) is 5.78 Å². The Morgan fingerprint density at radius 1 is 1.57 bits per heavy atom. The highest BCUT2D eigenvalue weighted by molar-refractivity contribution is 8.00. The number of halogens is 1. The van der Waals surface area contributed by atoms with Crippen LogP contribution in [0.4, 0.5) is 0 Å². The smallest absolute Gasteiger partial charge is 0.140 e. The molecule has 0 unspecified atom stereocenters. The summed E-state index contributed by atoms with van der Waals surface area (Å²) in [6.07, 6.45) is 0. The van der Waals surface area contributed by atoms with E-state index in [1.807, 2.05) is 0 Å². The van der Waals surface area contributed by atoms with Crippen LogP contribution in [0.25, 0.3) is 0 Å². The van der Waals surface area contributed by atoms with E-state index in [9.17, 15) is 4.79 Å². The molecular formula is C10H11ClO2S. The Bertz CT molecular complexity index is 339. The maximum Gasteiger partial charge on any atom is 0.140 e. The summed E-state index contributed by atoms with van der Waals surface area (Å²) in [7, 11) is 1.60. The van der Waals surface area contributed by atoms with E-state index in [4.69, 9.17) is 16.3 Å². The second kappa shape index (κ2) is 5.27. The third kappa shape index (κ3) is 3.24. The van der Waals surface area contributed by atoms with Crippen molar-refractivity contribution in [1.82, 2.24) is 0 Å².